The van der Waals surface area contributed by atoms with Crippen LogP contribution in [0.5, 0.6) is 5.75 Å². The van der Waals surface area contributed by atoms with Gasteiger partial charge in [0.15, 0.2) is 0 Å². The summed E-state index contributed by atoms with van der Waals surface area (Å²) in [6, 6.07) is 15.0. The molecule has 0 aliphatic heterocycles. The Labute approximate surface area is 183 Å². The number of alkyl halides is 6. The van der Waals surface area contributed by atoms with Crippen LogP contribution in [0.1, 0.15) is 11.1 Å². The summed E-state index contributed by atoms with van der Waals surface area (Å²) in [6.45, 7) is 1.65. The Morgan fingerprint density at radius 1 is 0.788 bits per heavy atom. The summed E-state index contributed by atoms with van der Waals surface area (Å²) in [5.41, 5.74) is 0.915. The molecule has 4 nitrogen and oxygen atoms in total. The van der Waals surface area contributed by atoms with E-state index in [0.717, 1.165) is 18.2 Å². The molecule has 0 unspecified atom stereocenters. The van der Waals surface area contributed by atoms with Crippen LogP contribution >= 0.6 is 0 Å². The zero-order valence-corrected chi connectivity index (χ0v) is 16.8. The summed E-state index contributed by atoms with van der Waals surface area (Å²) in [5, 5.41) is 3.79. The van der Waals surface area contributed by atoms with E-state index in [1.54, 1.807) is 13.0 Å². The maximum Gasteiger partial charge on any atom is 0.573 e. The highest BCUT2D eigenvalue weighted by Crippen LogP contribution is 2.39. The fourth-order valence-electron chi connectivity index (χ4n) is 3.35. The molecule has 0 spiro atoms. The van der Waals surface area contributed by atoms with Gasteiger partial charge in [-0.25, -0.2) is 0 Å². The second-order valence-electron chi connectivity index (χ2n) is 7.07. The number of aryl methyl sites for hydroxylation is 1. The summed E-state index contributed by atoms with van der Waals surface area (Å²) in [7, 11) is 0. The molecule has 33 heavy (non-hydrogen) atoms. The number of hydrogen-bond donors (Lipinski definition) is 0. The molecule has 0 radical (unpaired) electrons. The van der Waals surface area contributed by atoms with Crippen molar-refractivity contribution in [2.75, 3.05) is 0 Å². The number of benzene rings is 3. The lowest BCUT2D eigenvalue weighted by atomic mass is 9.94. The number of nitrogens with zero attached hydrogens (tertiary/aromatic N) is 2. The number of ether oxygens (including phenoxy) is 1. The van der Waals surface area contributed by atoms with Crippen LogP contribution in [0.3, 0.4) is 0 Å². The molecule has 0 saturated carbocycles. The van der Waals surface area contributed by atoms with Gasteiger partial charge in [0.2, 0.25) is 5.82 Å². The van der Waals surface area contributed by atoms with Crippen molar-refractivity contribution in [1.29, 1.82) is 0 Å². The Morgan fingerprint density at radius 2 is 1.55 bits per heavy atom. The Bertz CT molecular complexity index is 1290. The predicted molar refractivity (Wildman–Crippen MR) is 107 cm³/mol. The third kappa shape index (κ3) is 5.00. The van der Waals surface area contributed by atoms with E-state index in [1.165, 1.54) is 42.5 Å². The summed E-state index contributed by atoms with van der Waals surface area (Å²) < 4.78 is 86.6. The summed E-state index contributed by atoms with van der Waals surface area (Å²) in [6.07, 6.45) is -9.35. The first kappa shape index (κ1) is 22.4. The highest BCUT2D eigenvalue weighted by Gasteiger charge is 2.33. The topological polar surface area (TPSA) is 48.2 Å². The van der Waals surface area contributed by atoms with E-state index in [1.807, 2.05) is 0 Å². The molecule has 0 atom stereocenters. The molecule has 0 bridgehead atoms. The van der Waals surface area contributed by atoms with Crippen molar-refractivity contribution < 1.29 is 35.6 Å². The standard InChI is InChI=1S/C23H14F6N2O2/c1-13-11-15(9-10-17(13)18-7-2-3-8-19(18)22(24,25)26)21-30-20(31-33-21)14-5-4-6-16(12-14)32-23(27,28)29/h2-12H,1H3. The number of halogens is 6. The molecule has 0 N–H and O–H groups in total. The third-order valence-electron chi connectivity index (χ3n) is 4.75. The normalized spacial score (nSPS) is 12.1. The molecular formula is C23H14F6N2O2. The number of rotatable bonds is 4. The van der Waals surface area contributed by atoms with E-state index < -0.39 is 23.9 Å². The van der Waals surface area contributed by atoms with Crippen LogP contribution in [-0.2, 0) is 6.18 Å². The minimum absolute atomic E-state index is 0.0294. The molecule has 0 fully saturated rings. The van der Waals surface area contributed by atoms with Gasteiger partial charge in [0.25, 0.3) is 5.89 Å². The van der Waals surface area contributed by atoms with E-state index in [9.17, 15) is 26.3 Å². The van der Waals surface area contributed by atoms with Gasteiger partial charge >= 0.3 is 12.5 Å². The van der Waals surface area contributed by atoms with Crippen LogP contribution < -0.4 is 4.74 Å². The van der Waals surface area contributed by atoms with Crippen LogP contribution in [0, 0.1) is 6.92 Å². The Balaban J connectivity index is 1.65. The first-order valence-corrected chi connectivity index (χ1v) is 9.49. The zero-order chi connectivity index (χ0) is 23.8. The van der Waals surface area contributed by atoms with Crippen molar-refractivity contribution in [3.05, 3.63) is 77.9 Å². The van der Waals surface area contributed by atoms with Crippen molar-refractivity contribution in [3.63, 3.8) is 0 Å². The monoisotopic (exact) mass is 464 g/mol. The highest BCUT2D eigenvalue weighted by atomic mass is 19.4. The van der Waals surface area contributed by atoms with Crippen molar-refractivity contribution in [2.45, 2.75) is 19.5 Å². The maximum absolute atomic E-state index is 13.4. The molecule has 1 aromatic heterocycles. The van der Waals surface area contributed by atoms with Crippen LogP contribution in [0.2, 0.25) is 0 Å². The van der Waals surface area contributed by atoms with Gasteiger partial charge < -0.3 is 9.26 Å². The predicted octanol–water partition coefficient (Wildman–Crippen LogP) is 7.30. The second-order valence-corrected chi connectivity index (χ2v) is 7.07. The lowest BCUT2D eigenvalue weighted by Crippen LogP contribution is -2.17. The fraction of sp³-hybridized carbons (Fsp3) is 0.130. The molecule has 4 aromatic rings. The van der Waals surface area contributed by atoms with E-state index in [4.69, 9.17) is 4.52 Å². The summed E-state index contributed by atoms with van der Waals surface area (Å²) in [4.78, 5) is 4.19. The molecule has 0 aliphatic carbocycles. The maximum atomic E-state index is 13.4. The van der Waals surface area contributed by atoms with Crippen molar-refractivity contribution in [2.24, 2.45) is 0 Å². The van der Waals surface area contributed by atoms with Crippen molar-refractivity contribution in [3.8, 4) is 39.7 Å². The fourth-order valence-corrected chi connectivity index (χ4v) is 3.35. The molecule has 10 heteroatoms. The summed E-state index contributed by atoms with van der Waals surface area (Å²) in [5.74, 6) is -0.345. The van der Waals surface area contributed by atoms with Gasteiger partial charge in [0.1, 0.15) is 5.75 Å². The van der Waals surface area contributed by atoms with Crippen molar-refractivity contribution >= 4 is 0 Å². The van der Waals surface area contributed by atoms with Gasteiger partial charge in [-0.3, -0.25) is 0 Å². The smallest absolute Gasteiger partial charge is 0.406 e. The lowest BCUT2D eigenvalue weighted by Gasteiger charge is -2.14. The number of hydrogen-bond acceptors (Lipinski definition) is 4. The van der Waals surface area contributed by atoms with Gasteiger partial charge in [-0.2, -0.15) is 18.2 Å². The summed E-state index contributed by atoms with van der Waals surface area (Å²) >= 11 is 0. The highest BCUT2D eigenvalue weighted by molar-refractivity contribution is 5.74. The third-order valence-corrected chi connectivity index (χ3v) is 4.75. The average molecular weight is 464 g/mol. The molecule has 0 aliphatic rings. The number of aromatic nitrogens is 2. The van der Waals surface area contributed by atoms with Crippen LogP contribution in [0.4, 0.5) is 26.3 Å². The minimum Gasteiger partial charge on any atom is -0.406 e. The van der Waals surface area contributed by atoms with Crippen LogP contribution in [0.15, 0.2) is 71.3 Å². The van der Waals surface area contributed by atoms with Gasteiger partial charge in [-0.1, -0.05) is 41.6 Å². The largest absolute Gasteiger partial charge is 0.573 e. The SMILES string of the molecule is Cc1cc(-c2nc(-c3cccc(OC(F)(F)F)c3)no2)ccc1-c1ccccc1C(F)(F)F. The van der Waals surface area contributed by atoms with Crippen molar-refractivity contribution in [1.82, 2.24) is 10.1 Å². The van der Waals surface area contributed by atoms with Gasteiger partial charge in [0, 0.05) is 11.1 Å². The molecule has 3 aromatic carbocycles. The van der Waals surface area contributed by atoms with Gasteiger partial charge in [-0.05, 0) is 53.9 Å². The zero-order valence-electron chi connectivity index (χ0n) is 16.8. The molecular weight excluding hydrogens is 450 g/mol. The Kier molecular flexibility index (Phi) is 5.61. The van der Waals surface area contributed by atoms with Crippen LogP contribution in [0.25, 0.3) is 34.0 Å². The Morgan fingerprint density at radius 3 is 2.24 bits per heavy atom. The van der Waals surface area contributed by atoms with E-state index in [-0.39, 0.29) is 22.8 Å². The molecule has 0 saturated heterocycles. The average Bonchev–Trinajstić information content (AvgIpc) is 3.22. The molecule has 170 valence electrons. The second kappa shape index (κ2) is 8.27. The Hall–Kier alpha value is -3.82. The van der Waals surface area contributed by atoms with Gasteiger partial charge in [-0.15, -0.1) is 13.2 Å². The van der Waals surface area contributed by atoms with E-state index in [0.29, 0.717) is 16.7 Å². The van der Waals surface area contributed by atoms with E-state index >= 15 is 0 Å². The van der Waals surface area contributed by atoms with E-state index in [2.05, 4.69) is 14.9 Å². The quantitative estimate of drug-likeness (QED) is 0.298. The first-order valence-electron chi connectivity index (χ1n) is 9.49. The first-order chi connectivity index (χ1) is 15.5. The van der Waals surface area contributed by atoms with Gasteiger partial charge in [0.05, 0.1) is 5.56 Å². The molecule has 1 heterocycles. The molecule has 0 amide bonds. The lowest BCUT2D eigenvalue weighted by molar-refractivity contribution is -0.274. The minimum atomic E-state index is -4.84. The molecule has 4 rings (SSSR count). The van der Waals surface area contributed by atoms with Crippen LogP contribution in [-0.4, -0.2) is 16.5 Å².